The van der Waals surface area contributed by atoms with Crippen LogP contribution in [0.15, 0.2) is 29.3 Å². The van der Waals surface area contributed by atoms with Gasteiger partial charge in [-0.2, -0.15) is 0 Å². The maximum absolute atomic E-state index is 5.09. The van der Waals surface area contributed by atoms with Gasteiger partial charge in [0.15, 0.2) is 5.96 Å². The molecular weight excluding hydrogens is 451 g/mol. The van der Waals surface area contributed by atoms with Gasteiger partial charge in [0, 0.05) is 33.4 Å². The molecule has 1 fully saturated rings. The van der Waals surface area contributed by atoms with Crippen molar-refractivity contribution in [3.8, 4) is 0 Å². The van der Waals surface area contributed by atoms with E-state index in [0.29, 0.717) is 6.54 Å². The molecule has 0 saturated carbocycles. The number of methoxy groups -OCH3 is 1. The fraction of sp³-hybridized carbons (Fsp3) is 0.667. The molecule has 0 amide bonds. The number of guanidine groups is 1. The summed E-state index contributed by atoms with van der Waals surface area (Å²) in [7, 11) is 1.73. The predicted octanol–water partition coefficient (Wildman–Crippen LogP) is 3.77. The monoisotopic (exact) mass is 488 g/mol. The Morgan fingerprint density at radius 2 is 1.85 bits per heavy atom. The van der Waals surface area contributed by atoms with Crippen LogP contribution in [0, 0.1) is 0 Å². The first-order chi connectivity index (χ1) is 12.8. The topological polar surface area (TPSA) is 48.9 Å². The number of nitrogens with one attached hydrogen (secondary N) is 2. The van der Waals surface area contributed by atoms with Gasteiger partial charge in [-0.1, -0.05) is 37.1 Å². The van der Waals surface area contributed by atoms with E-state index in [9.17, 15) is 0 Å². The van der Waals surface area contributed by atoms with Crippen molar-refractivity contribution in [3.05, 3.63) is 35.4 Å². The molecule has 1 aliphatic rings. The Hall–Kier alpha value is -0.860. The molecule has 0 aromatic heterocycles. The zero-order chi connectivity index (χ0) is 18.5. The van der Waals surface area contributed by atoms with E-state index in [0.717, 1.165) is 38.6 Å². The first-order valence-corrected chi connectivity index (χ1v) is 10.1. The molecule has 5 nitrogen and oxygen atoms in total. The number of ether oxygens (including phenoxy) is 1. The molecule has 0 atom stereocenters. The normalized spacial score (nSPS) is 15.7. The summed E-state index contributed by atoms with van der Waals surface area (Å²) < 4.78 is 5.09. The quantitative estimate of drug-likeness (QED) is 0.241. The summed E-state index contributed by atoms with van der Waals surface area (Å²) in [5, 5.41) is 6.67. The van der Waals surface area contributed by atoms with E-state index in [2.05, 4.69) is 46.7 Å². The van der Waals surface area contributed by atoms with Crippen LogP contribution >= 0.6 is 24.0 Å². The number of aliphatic imine (C=N–C) groups is 1. The number of hydrogen-bond acceptors (Lipinski definition) is 3. The van der Waals surface area contributed by atoms with Crippen LogP contribution in [0.4, 0.5) is 0 Å². The molecule has 154 valence electrons. The van der Waals surface area contributed by atoms with Crippen molar-refractivity contribution in [1.29, 1.82) is 0 Å². The Balaban J connectivity index is 0.00000364. The maximum Gasteiger partial charge on any atom is 0.191 e. The largest absolute Gasteiger partial charge is 0.385 e. The molecule has 1 aliphatic heterocycles. The number of rotatable bonds is 9. The predicted molar refractivity (Wildman–Crippen MR) is 125 cm³/mol. The lowest BCUT2D eigenvalue weighted by atomic mass is 10.1. The van der Waals surface area contributed by atoms with Crippen LogP contribution in [0.25, 0.3) is 0 Å². The molecule has 0 aliphatic carbocycles. The lowest BCUT2D eigenvalue weighted by molar-refractivity contribution is 0.195. The summed E-state index contributed by atoms with van der Waals surface area (Å²) in [5.74, 6) is 0.876. The third kappa shape index (κ3) is 10.3. The van der Waals surface area contributed by atoms with Crippen molar-refractivity contribution in [2.45, 2.75) is 52.1 Å². The molecule has 2 rings (SSSR count). The van der Waals surface area contributed by atoms with Crippen molar-refractivity contribution >= 4 is 29.9 Å². The van der Waals surface area contributed by atoms with E-state index < -0.39 is 0 Å². The molecule has 1 saturated heterocycles. The molecule has 0 spiro atoms. The van der Waals surface area contributed by atoms with E-state index in [4.69, 9.17) is 9.73 Å². The molecule has 0 unspecified atom stereocenters. The third-order valence-corrected chi connectivity index (χ3v) is 4.68. The van der Waals surface area contributed by atoms with Crippen LogP contribution < -0.4 is 10.6 Å². The van der Waals surface area contributed by atoms with Gasteiger partial charge in [0.1, 0.15) is 0 Å². The summed E-state index contributed by atoms with van der Waals surface area (Å²) in [6.45, 7) is 8.83. The number of hydrogen-bond donors (Lipinski definition) is 2. The first kappa shape index (κ1) is 24.2. The molecule has 1 aromatic rings. The van der Waals surface area contributed by atoms with Crippen molar-refractivity contribution in [1.82, 2.24) is 15.5 Å². The van der Waals surface area contributed by atoms with Gasteiger partial charge < -0.3 is 15.4 Å². The minimum Gasteiger partial charge on any atom is -0.385 e. The van der Waals surface area contributed by atoms with Gasteiger partial charge in [0.05, 0.1) is 6.54 Å². The molecule has 0 radical (unpaired) electrons. The second-order valence-corrected chi connectivity index (χ2v) is 6.98. The smallest absolute Gasteiger partial charge is 0.191 e. The highest BCUT2D eigenvalue weighted by molar-refractivity contribution is 14.0. The van der Waals surface area contributed by atoms with Gasteiger partial charge in [0.2, 0.25) is 0 Å². The van der Waals surface area contributed by atoms with Crippen LogP contribution in [0.5, 0.6) is 0 Å². The number of nitrogens with zero attached hydrogens (tertiary/aromatic N) is 2. The maximum atomic E-state index is 5.09. The highest BCUT2D eigenvalue weighted by Crippen LogP contribution is 2.14. The SMILES string of the molecule is CCNC(=NCc1cccc(CN2CCCCCC2)c1)NCCCOC.I. The summed E-state index contributed by atoms with van der Waals surface area (Å²) in [6.07, 6.45) is 6.42. The van der Waals surface area contributed by atoms with Crippen molar-refractivity contribution in [2.24, 2.45) is 4.99 Å². The minimum atomic E-state index is 0. The Bertz CT molecular complexity index is 531. The Labute approximate surface area is 182 Å². The van der Waals surface area contributed by atoms with Gasteiger partial charge in [-0.25, -0.2) is 4.99 Å². The zero-order valence-corrected chi connectivity index (χ0v) is 19.3. The van der Waals surface area contributed by atoms with Crippen molar-refractivity contribution in [2.75, 3.05) is 39.9 Å². The van der Waals surface area contributed by atoms with E-state index in [-0.39, 0.29) is 24.0 Å². The van der Waals surface area contributed by atoms with Crippen LogP contribution in [-0.4, -0.2) is 50.8 Å². The number of halogens is 1. The second-order valence-electron chi connectivity index (χ2n) is 6.98. The summed E-state index contributed by atoms with van der Waals surface area (Å²) in [5.41, 5.74) is 2.67. The fourth-order valence-corrected chi connectivity index (χ4v) is 3.31. The number of benzene rings is 1. The molecule has 2 N–H and O–H groups in total. The molecule has 1 heterocycles. The molecular formula is C21H37IN4O. The van der Waals surface area contributed by atoms with Gasteiger partial charge in [-0.3, -0.25) is 4.90 Å². The lowest BCUT2D eigenvalue weighted by Crippen LogP contribution is -2.38. The Morgan fingerprint density at radius 1 is 1.11 bits per heavy atom. The van der Waals surface area contributed by atoms with Crippen LogP contribution in [-0.2, 0) is 17.8 Å². The Kier molecular flexibility index (Phi) is 13.5. The fourth-order valence-electron chi connectivity index (χ4n) is 3.31. The van der Waals surface area contributed by atoms with Gasteiger partial charge in [-0.05, 0) is 50.4 Å². The van der Waals surface area contributed by atoms with Gasteiger partial charge in [0.25, 0.3) is 0 Å². The number of likely N-dealkylation sites (tertiary alicyclic amines) is 1. The van der Waals surface area contributed by atoms with E-state index in [1.54, 1.807) is 7.11 Å². The van der Waals surface area contributed by atoms with E-state index >= 15 is 0 Å². The Morgan fingerprint density at radius 3 is 2.56 bits per heavy atom. The van der Waals surface area contributed by atoms with E-state index in [1.807, 2.05) is 0 Å². The second kappa shape index (κ2) is 15.1. The molecule has 6 heteroatoms. The summed E-state index contributed by atoms with van der Waals surface area (Å²) in [4.78, 5) is 7.32. The van der Waals surface area contributed by atoms with Crippen LogP contribution in [0.2, 0.25) is 0 Å². The molecule has 27 heavy (non-hydrogen) atoms. The molecule has 0 bridgehead atoms. The highest BCUT2D eigenvalue weighted by Gasteiger charge is 2.09. The molecule has 1 aromatic carbocycles. The van der Waals surface area contributed by atoms with Crippen molar-refractivity contribution < 1.29 is 4.74 Å². The average molecular weight is 488 g/mol. The van der Waals surface area contributed by atoms with Crippen LogP contribution in [0.1, 0.15) is 50.2 Å². The first-order valence-electron chi connectivity index (χ1n) is 10.1. The summed E-state index contributed by atoms with van der Waals surface area (Å²) in [6, 6.07) is 8.88. The van der Waals surface area contributed by atoms with Gasteiger partial charge >= 0.3 is 0 Å². The van der Waals surface area contributed by atoms with E-state index in [1.165, 1.54) is 49.9 Å². The average Bonchev–Trinajstić information content (AvgIpc) is 2.92. The zero-order valence-electron chi connectivity index (χ0n) is 17.0. The third-order valence-electron chi connectivity index (χ3n) is 4.68. The minimum absolute atomic E-state index is 0. The summed E-state index contributed by atoms with van der Waals surface area (Å²) >= 11 is 0. The standard InChI is InChI=1S/C21H36N4O.HI/c1-3-22-21(23-12-9-15-26-2)24-17-19-10-8-11-20(16-19)18-25-13-6-4-5-7-14-25;/h8,10-11,16H,3-7,9,12-15,17-18H2,1-2H3,(H2,22,23,24);1H. The van der Waals surface area contributed by atoms with Crippen molar-refractivity contribution in [3.63, 3.8) is 0 Å². The highest BCUT2D eigenvalue weighted by atomic mass is 127. The van der Waals surface area contributed by atoms with Gasteiger partial charge in [-0.15, -0.1) is 24.0 Å². The lowest BCUT2D eigenvalue weighted by Gasteiger charge is -2.20. The van der Waals surface area contributed by atoms with Crippen LogP contribution in [0.3, 0.4) is 0 Å².